The molecule has 1 heterocycles. The molecule has 0 unspecified atom stereocenters. The highest BCUT2D eigenvalue weighted by Gasteiger charge is 2.28. The lowest BCUT2D eigenvalue weighted by Gasteiger charge is -2.32. The molecule has 1 aliphatic heterocycles. The maximum Gasteiger partial charge on any atom is 0.221 e. The van der Waals surface area contributed by atoms with Crippen molar-refractivity contribution >= 4 is 5.91 Å². The van der Waals surface area contributed by atoms with E-state index >= 15 is 0 Å². The summed E-state index contributed by atoms with van der Waals surface area (Å²) >= 11 is 0. The van der Waals surface area contributed by atoms with Gasteiger partial charge < -0.3 is 15.3 Å². The molecule has 86 valence electrons. The van der Waals surface area contributed by atoms with Gasteiger partial charge in [0.05, 0.1) is 6.10 Å². The number of amides is 1. The summed E-state index contributed by atoms with van der Waals surface area (Å²) in [5.74, 6) is 0.138. The molecule has 0 aromatic carbocycles. The number of nitrogens with zero attached hydrogens (tertiary/aromatic N) is 1. The topological polar surface area (TPSA) is 52.6 Å². The Labute approximate surface area is 90.6 Å². The summed E-state index contributed by atoms with van der Waals surface area (Å²) in [6.07, 6.45) is 4.43. The second kappa shape index (κ2) is 4.94. The summed E-state index contributed by atoms with van der Waals surface area (Å²) in [5.41, 5.74) is 0. The Morgan fingerprint density at radius 1 is 1.33 bits per heavy atom. The van der Waals surface area contributed by atoms with Crippen LogP contribution in [0.25, 0.3) is 0 Å². The Morgan fingerprint density at radius 2 is 2.00 bits per heavy atom. The number of nitrogens with one attached hydrogen (secondary N) is 1. The van der Waals surface area contributed by atoms with Gasteiger partial charge in [-0.05, 0) is 38.8 Å². The van der Waals surface area contributed by atoms with E-state index in [1.807, 2.05) is 0 Å². The smallest absolute Gasteiger partial charge is 0.221 e. The van der Waals surface area contributed by atoms with Crippen molar-refractivity contribution in [2.45, 2.75) is 44.2 Å². The lowest BCUT2D eigenvalue weighted by Crippen LogP contribution is -2.47. The molecule has 0 aromatic heterocycles. The number of rotatable bonds is 4. The van der Waals surface area contributed by atoms with Crippen LogP contribution in [0, 0.1) is 0 Å². The van der Waals surface area contributed by atoms with E-state index in [2.05, 4.69) is 10.2 Å². The van der Waals surface area contributed by atoms with Crippen molar-refractivity contribution in [3.8, 4) is 0 Å². The molecule has 1 saturated carbocycles. The molecule has 1 saturated heterocycles. The first-order valence-corrected chi connectivity index (χ1v) is 5.94. The summed E-state index contributed by atoms with van der Waals surface area (Å²) in [6, 6.07) is 0.228. The summed E-state index contributed by atoms with van der Waals surface area (Å²) in [6.45, 7) is 3.19. The molecule has 4 heteroatoms. The van der Waals surface area contributed by atoms with E-state index in [9.17, 15) is 4.79 Å². The predicted molar refractivity (Wildman–Crippen MR) is 57.5 cm³/mol. The van der Waals surface area contributed by atoms with Gasteiger partial charge in [0.25, 0.3) is 0 Å². The van der Waals surface area contributed by atoms with Gasteiger partial charge in [-0.2, -0.15) is 0 Å². The van der Waals surface area contributed by atoms with Gasteiger partial charge in [0.15, 0.2) is 0 Å². The van der Waals surface area contributed by atoms with Crippen LogP contribution in [0.5, 0.6) is 0 Å². The van der Waals surface area contributed by atoms with Gasteiger partial charge >= 0.3 is 0 Å². The number of hydrogen-bond donors (Lipinski definition) is 2. The quantitative estimate of drug-likeness (QED) is 0.695. The van der Waals surface area contributed by atoms with Crippen LogP contribution in [0.2, 0.25) is 0 Å². The van der Waals surface area contributed by atoms with E-state index < -0.39 is 0 Å². The van der Waals surface area contributed by atoms with Gasteiger partial charge in [0.1, 0.15) is 0 Å². The van der Waals surface area contributed by atoms with Crippen molar-refractivity contribution in [1.82, 2.24) is 10.2 Å². The molecular weight excluding hydrogens is 192 g/mol. The third-order valence-corrected chi connectivity index (χ3v) is 3.33. The third-order valence-electron chi connectivity index (χ3n) is 3.33. The molecule has 2 aliphatic rings. The Bertz CT molecular complexity index is 221. The Morgan fingerprint density at radius 3 is 2.60 bits per heavy atom. The molecule has 4 nitrogen and oxygen atoms in total. The van der Waals surface area contributed by atoms with Crippen LogP contribution >= 0.6 is 0 Å². The molecule has 2 rings (SSSR count). The first-order chi connectivity index (χ1) is 7.24. The monoisotopic (exact) mass is 212 g/mol. The molecule has 1 amide bonds. The summed E-state index contributed by atoms with van der Waals surface area (Å²) < 4.78 is 0. The number of aliphatic hydroxyl groups is 1. The average molecular weight is 212 g/mol. The molecular formula is C11H20N2O2. The second-order valence-electron chi connectivity index (χ2n) is 4.69. The van der Waals surface area contributed by atoms with Gasteiger partial charge in [-0.1, -0.05) is 0 Å². The highest BCUT2D eigenvalue weighted by Crippen LogP contribution is 2.19. The Hall–Kier alpha value is -0.610. The zero-order valence-electron chi connectivity index (χ0n) is 9.11. The number of likely N-dealkylation sites (tertiary alicyclic amines) is 1. The summed E-state index contributed by atoms with van der Waals surface area (Å²) in [7, 11) is 0. The van der Waals surface area contributed by atoms with Crippen LogP contribution in [0.4, 0.5) is 0 Å². The fourth-order valence-corrected chi connectivity index (χ4v) is 2.27. The van der Waals surface area contributed by atoms with E-state index in [1.54, 1.807) is 0 Å². The molecule has 0 radical (unpaired) electrons. The lowest BCUT2D eigenvalue weighted by molar-refractivity contribution is -0.123. The van der Waals surface area contributed by atoms with Crippen molar-refractivity contribution in [1.29, 1.82) is 0 Å². The number of carbonyl (C=O) groups excluding carboxylic acids is 1. The number of hydrogen-bond acceptors (Lipinski definition) is 3. The van der Waals surface area contributed by atoms with Gasteiger partial charge in [-0.15, -0.1) is 0 Å². The standard InChI is InChI=1S/C11H20N2O2/c14-10-7-9(8-10)12-11(15)3-6-13-4-1-2-5-13/h9-10,14H,1-8H2,(H,12,15). The van der Waals surface area contributed by atoms with Crippen LogP contribution in [-0.4, -0.2) is 47.7 Å². The lowest BCUT2D eigenvalue weighted by atomic mass is 9.89. The average Bonchev–Trinajstić information content (AvgIpc) is 2.65. The maximum atomic E-state index is 11.5. The van der Waals surface area contributed by atoms with Gasteiger partial charge in [0, 0.05) is 19.0 Å². The van der Waals surface area contributed by atoms with Crippen LogP contribution in [0.1, 0.15) is 32.1 Å². The molecule has 0 aromatic rings. The normalized spacial score (nSPS) is 31.3. The third kappa shape index (κ3) is 3.18. The number of aliphatic hydroxyl groups excluding tert-OH is 1. The fourth-order valence-electron chi connectivity index (χ4n) is 2.27. The Kier molecular flexibility index (Phi) is 3.59. The first-order valence-electron chi connectivity index (χ1n) is 5.94. The molecule has 0 bridgehead atoms. The summed E-state index contributed by atoms with van der Waals surface area (Å²) in [5, 5.41) is 12.0. The van der Waals surface area contributed by atoms with Crippen molar-refractivity contribution in [2.24, 2.45) is 0 Å². The highest BCUT2D eigenvalue weighted by atomic mass is 16.3. The molecule has 15 heavy (non-hydrogen) atoms. The molecule has 2 N–H and O–H groups in total. The van der Waals surface area contributed by atoms with E-state index in [4.69, 9.17) is 5.11 Å². The largest absolute Gasteiger partial charge is 0.393 e. The highest BCUT2D eigenvalue weighted by molar-refractivity contribution is 5.76. The van der Waals surface area contributed by atoms with Crippen molar-refractivity contribution in [3.63, 3.8) is 0 Å². The van der Waals surface area contributed by atoms with Crippen LogP contribution in [0.3, 0.4) is 0 Å². The van der Waals surface area contributed by atoms with E-state index in [0.29, 0.717) is 6.42 Å². The SMILES string of the molecule is O=C(CCN1CCCC1)NC1CC(O)C1. The zero-order chi connectivity index (χ0) is 10.7. The summed E-state index contributed by atoms with van der Waals surface area (Å²) in [4.78, 5) is 13.8. The van der Waals surface area contributed by atoms with Crippen LogP contribution < -0.4 is 5.32 Å². The zero-order valence-corrected chi connectivity index (χ0v) is 9.11. The van der Waals surface area contributed by atoms with E-state index in [1.165, 1.54) is 12.8 Å². The van der Waals surface area contributed by atoms with E-state index in [-0.39, 0.29) is 18.1 Å². The van der Waals surface area contributed by atoms with Crippen LogP contribution in [0.15, 0.2) is 0 Å². The van der Waals surface area contributed by atoms with E-state index in [0.717, 1.165) is 32.5 Å². The molecule has 2 fully saturated rings. The van der Waals surface area contributed by atoms with Gasteiger partial charge in [-0.25, -0.2) is 0 Å². The minimum atomic E-state index is -0.186. The predicted octanol–water partition coefficient (Wildman–Crippen LogP) is 0.112. The second-order valence-corrected chi connectivity index (χ2v) is 4.69. The molecule has 1 aliphatic carbocycles. The fraction of sp³-hybridized carbons (Fsp3) is 0.909. The number of carbonyl (C=O) groups is 1. The molecule has 0 spiro atoms. The maximum absolute atomic E-state index is 11.5. The first kappa shape index (κ1) is 10.9. The van der Waals surface area contributed by atoms with Gasteiger partial charge in [-0.3, -0.25) is 4.79 Å². The molecule has 0 atom stereocenters. The van der Waals surface area contributed by atoms with Crippen molar-refractivity contribution < 1.29 is 9.90 Å². The van der Waals surface area contributed by atoms with Crippen molar-refractivity contribution in [3.05, 3.63) is 0 Å². The minimum Gasteiger partial charge on any atom is -0.393 e. The van der Waals surface area contributed by atoms with Crippen molar-refractivity contribution in [2.75, 3.05) is 19.6 Å². The minimum absolute atomic E-state index is 0.138. The van der Waals surface area contributed by atoms with Crippen LogP contribution in [-0.2, 0) is 4.79 Å². The Balaban J connectivity index is 1.56. The van der Waals surface area contributed by atoms with Gasteiger partial charge in [0.2, 0.25) is 5.91 Å².